The van der Waals surface area contributed by atoms with Crippen molar-refractivity contribution in [2.75, 3.05) is 18.1 Å². The quantitative estimate of drug-likeness (QED) is 0.677. The topological polar surface area (TPSA) is 72.6 Å². The zero-order valence-corrected chi connectivity index (χ0v) is 14.1. The highest BCUT2D eigenvalue weighted by Gasteiger charge is 2.33. The molecule has 3 aromatic heterocycles. The van der Waals surface area contributed by atoms with Crippen LogP contribution in [-0.4, -0.2) is 45.0 Å². The minimum atomic E-state index is -0.268. The highest BCUT2D eigenvalue weighted by molar-refractivity contribution is 7.08. The molecule has 4 rings (SSSR count). The number of anilines is 1. The summed E-state index contributed by atoms with van der Waals surface area (Å²) in [6, 6.07) is 5.49. The summed E-state index contributed by atoms with van der Waals surface area (Å²) in [4.78, 5) is 14.2. The van der Waals surface area contributed by atoms with Crippen molar-refractivity contribution in [1.29, 1.82) is 0 Å². The maximum Gasteiger partial charge on any atom is 0.328 e. The van der Waals surface area contributed by atoms with E-state index in [9.17, 15) is 4.79 Å². The molecule has 7 nitrogen and oxygen atoms in total. The molecule has 0 spiro atoms. The van der Waals surface area contributed by atoms with Crippen molar-refractivity contribution >= 4 is 28.8 Å². The fourth-order valence-corrected chi connectivity index (χ4v) is 3.66. The predicted octanol–water partition coefficient (Wildman–Crippen LogP) is 2.38. The van der Waals surface area contributed by atoms with Crippen LogP contribution < -0.4 is 4.90 Å². The monoisotopic (exact) mass is 343 g/mol. The van der Waals surface area contributed by atoms with Crippen molar-refractivity contribution in [3.63, 3.8) is 0 Å². The van der Waals surface area contributed by atoms with E-state index in [1.54, 1.807) is 15.9 Å². The van der Waals surface area contributed by atoms with E-state index in [2.05, 4.69) is 15.3 Å². The number of thiophene rings is 1. The van der Waals surface area contributed by atoms with Gasteiger partial charge < -0.3 is 9.64 Å². The molecule has 1 fully saturated rings. The molecular formula is C16H17N5O2S. The van der Waals surface area contributed by atoms with E-state index in [-0.39, 0.29) is 12.0 Å². The first-order valence-electron chi connectivity index (χ1n) is 7.96. The Labute approximate surface area is 142 Å². The number of aromatic nitrogens is 4. The first-order chi connectivity index (χ1) is 11.8. The zero-order chi connectivity index (χ0) is 16.5. The van der Waals surface area contributed by atoms with Gasteiger partial charge in [-0.2, -0.15) is 15.9 Å². The number of fused-ring (bicyclic) bond motifs is 1. The average molecular weight is 343 g/mol. The first kappa shape index (κ1) is 15.1. The van der Waals surface area contributed by atoms with Gasteiger partial charge in [0.1, 0.15) is 11.9 Å². The van der Waals surface area contributed by atoms with Crippen molar-refractivity contribution < 1.29 is 9.53 Å². The second-order valence-corrected chi connectivity index (χ2v) is 6.38. The lowest BCUT2D eigenvalue weighted by molar-refractivity contribution is -0.144. The van der Waals surface area contributed by atoms with E-state index in [4.69, 9.17) is 4.74 Å². The number of hydrogen-bond donors (Lipinski definition) is 0. The average Bonchev–Trinajstić information content (AvgIpc) is 3.33. The number of hydrogen-bond acceptors (Lipinski definition) is 7. The lowest BCUT2D eigenvalue weighted by Gasteiger charge is -2.23. The molecule has 124 valence electrons. The summed E-state index contributed by atoms with van der Waals surface area (Å²) in [7, 11) is 0. The van der Waals surface area contributed by atoms with Crippen molar-refractivity contribution in [1.82, 2.24) is 19.8 Å². The lowest BCUT2D eigenvalue weighted by atomic mass is 10.2. The van der Waals surface area contributed by atoms with Gasteiger partial charge in [0.15, 0.2) is 11.5 Å². The molecule has 3 aromatic rings. The van der Waals surface area contributed by atoms with Crippen LogP contribution in [-0.2, 0) is 9.53 Å². The van der Waals surface area contributed by atoms with Crippen LogP contribution in [0, 0.1) is 0 Å². The highest BCUT2D eigenvalue weighted by Crippen LogP contribution is 2.26. The van der Waals surface area contributed by atoms with E-state index in [1.807, 2.05) is 40.8 Å². The van der Waals surface area contributed by atoms with Crippen molar-refractivity contribution in [3.05, 3.63) is 29.0 Å². The predicted molar refractivity (Wildman–Crippen MR) is 91.1 cm³/mol. The van der Waals surface area contributed by atoms with Gasteiger partial charge in [0, 0.05) is 17.5 Å². The summed E-state index contributed by atoms with van der Waals surface area (Å²) >= 11 is 1.61. The van der Waals surface area contributed by atoms with Gasteiger partial charge in [-0.05, 0) is 43.3 Å². The number of carbonyl (C=O) groups is 1. The normalized spacial score (nSPS) is 17.5. The molecule has 0 saturated carbocycles. The Morgan fingerprint density at radius 1 is 1.38 bits per heavy atom. The molecule has 1 aliphatic rings. The van der Waals surface area contributed by atoms with Crippen LogP contribution in [0.4, 0.5) is 5.82 Å². The molecule has 0 aromatic carbocycles. The van der Waals surface area contributed by atoms with Crippen LogP contribution in [0.15, 0.2) is 29.0 Å². The second-order valence-electron chi connectivity index (χ2n) is 5.60. The molecule has 1 atom stereocenters. The smallest absolute Gasteiger partial charge is 0.328 e. The Balaban J connectivity index is 1.72. The van der Waals surface area contributed by atoms with Gasteiger partial charge in [0.2, 0.25) is 0 Å². The van der Waals surface area contributed by atoms with Gasteiger partial charge in [-0.15, -0.1) is 15.3 Å². The standard InChI is InChI=1S/C16H17N5O2S/c1-2-23-16(22)12-4-3-8-20(12)14-6-5-13-17-18-15(21(13)19-14)11-7-9-24-10-11/h5-7,9-10,12H,2-4,8H2,1H3/t12-/m0/s1. The summed E-state index contributed by atoms with van der Waals surface area (Å²) in [5, 5.41) is 17.1. The van der Waals surface area contributed by atoms with Crippen LogP contribution in [0.3, 0.4) is 0 Å². The Kier molecular flexibility index (Phi) is 3.89. The van der Waals surface area contributed by atoms with Crippen LogP contribution in [0.25, 0.3) is 17.0 Å². The molecule has 0 unspecified atom stereocenters. The fourth-order valence-electron chi connectivity index (χ4n) is 3.03. The minimum absolute atomic E-state index is 0.182. The molecule has 0 aliphatic carbocycles. The molecule has 1 saturated heterocycles. The Hall–Kier alpha value is -2.48. The molecule has 4 heterocycles. The van der Waals surface area contributed by atoms with Crippen LogP contribution >= 0.6 is 11.3 Å². The highest BCUT2D eigenvalue weighted by atomic mass is 32.1. The maximum absolute atomic E-state index is 12.2. The second kappa shape index (κ2) is 6.20. The van der Waals surface area contributed by atoms with Crippen molar-refractivity contribution in [2.24, 2.45) is 0 Å². The third-order valence-corrected chi connectivity index (χ3v) is 4.82. The first-order valence-corrected chi connectivity index (χ1v) is 8.90. The Morgan fingerprint density at radius 2 is 2.29 bits per heavy atom. The van der Waals surface area contributed by atoms with Gasteiger partial charge in [-0.1, -0.05) is 0 Å². The molecule has 0 amide bonds. The summed E-state index contributed by atoms with van der Waals surface area (Å²) in [5.74, 6) is 1.27. The van der Waals surface area contributed by atoms with Crippen LogP contribution in [0.1, 0.15) is 19.8 Å². The summed E-state index contributed by atoms with van der Waals surface area (Å²) in [6.45, 7) is 3.01. The summed E-state index contributed by atoms with van der Waals surface area (Å²) in [6.07, 6.45) is 1.74. The van der Waals surface area contributed by atoms with Crippen LogP contribution in [0.5, 0.6) is 0 Å². The van der Waals surface area contributed by atoms with Gasteiger partial charge >= 0.3 is 5.97 Å². The zero-order valence-electron chi connectivity index (χ0n) is 13.3. The number of carbonyl (C=O) groups excluding carboxylic acids is 1. The molecule has 0 N–H and O–H groups in total. The number of esters is 1. The third kappa shape index (κ3) is 2.52. The van der Waals surface area contributed by atoms with E-state index < -0.39 is 0 Å². The van der Waals surface area contributed by atoms with Gasteiger partial charge in [-0.3, -0.25) is 0 Å². The largest absolute Gasteiger partial charge is 0.464 e. The molecular weight excluding hydrogens is 326 g/mol. The minimum Gasteiger partial charge on any atom is -0.464 e. The van der Waals surface area contributed by atoms with E-state index in [0.29, 0.717) is 18.1 Å². The van der Waals surface area contributed by atoms with Gasteiger partial charge in [-0.25, -0.2) is 4.79 Å². The molecule has 0 radical (unpaired) electrons. The SMILES string of the molecule is CCOC(=O)[C@@H]1CCCN1c1ccc2nnc(-c3ccsc3)n2n1. The van der Waals surface area contributed by atoms with E-state index in [0.717, 1.165) is 30.8 Å². The molecule has 8 heteroatoms. The number of nitrogens with zero attached hydrogens (tertiary/aromatic N) is 5. The van der Waals surface area contributed by atoms with E-state index in [1.165, 1.54) is 0 Å². The fraction of sp³-hybridized carbons (Fsp3) is 0.375. The lowest BCUT2D eigenvalue weighted by Crippen LogP contribution is -2.38. The molecule has 1 aliphatic heterocycles. The van der Waals surface area contributed by atoms with Crippen molar-refractivity contribution in [2.45, 2.75) is 25.8 Å². The van der Waals surface area contributed by atoms with Crippen molar-refractivity contribution in [3.8, 4) is 11.4 Å². The summed E-state index contributed by atoms with van der Waals surface area (Å²) in [5.41, 5.74) is 1.67. The molecule has 0 bridgehead atoms. The van der Waals surface area contributed by atoms with Crippen LogP contribution in [0.2, 0.25) is 0 Å². The Bertz CT molecular complexity index is 861. The third-order valence-electron chi connectivity index (χ3n) is 4.13. The number of ether oxygens (including phenoxy) is 1. The molecule has 24 heavy (non-hydrogen) atoms. The summed E-state index contributed by atoms with van der Waals surface area (Å²) < 4.78 is 6.93. The van der Waals surface area contributed by atoms with Gasteiger partial charge in [0.25, 0.3) is 0 Å². The van der Waals surface area contributed by atoms with E-state index >= 15 is 0 Å². The Morgan fingerprint density at radius 3 is 3.08 bits per heavy atom. The maximum atomic E-state index is 12.2. The number of rotatable bonds is 4. The van der Waals surface area contributed by atoms with Gasteiger partial charge in [0.05, 0.1) is 6.61 Å².